The molecule has 1 aromatic heterocycles. The lowest BCUT2D eigenvalue weighted by atomic mass is 9.92. The Kier molecular flexibility index (Phi) is 4.44. The Bertz CT molecular complexity index is 812. The van der Waals surface area contributed by atoms with Gasteiger partial charge in [0, 0.05) is 23.6 Å². The molecule has 24 heavy (non-hydrogen) atoms. The van der Waals surface area contributed by atoms with Gasteiger partial charge in [0.1, 0.15) is 5.82 Å². The second kappa shape index (κ2) is 6.68. The number of carbonyl (C=O) groups excluding carboxylic acids is 1. The molecule has 1 heterocycles. The van der Waals surface area contributed by atoms with Crippen molar-refractivity contribution in [3.63, 3.8) is 0 Å². The van der Waals surface area contributed by atoms with E-state index in [9.17, 15) is 9.90 Å². The summed E-state index contributed by atoms with van der Waals surface area (Å²) >= 11 is 0. The molecule has 0 fully saturated rings. The number of aromatic nitrogens is 2. The van der Waals surface area contributed by atoms with E-state index in [0.717, 1.165) is 11.4 Å². The number of benzene rings is 2. The van der Waals surface area contributed by atoms with Gasteiger partial charge in [-0.3, -0.25) is 4.79 Å². The molecule has 1 amide bonds. The Balaban J connectivity index is 1.70. The van der Waals surface area contributed by atoms with E-state index in [0.29, 0.717) is 11.3 Å². The van der Waals surface area contributed by atoms with Crippen molar-refractivity contribution in [3.8, 4) is 11.4 Å². The van der Waals surface area contributed by atoms with Gasteiger partial charge in [-0.25, -0.2) is 4.98 Å². The molecule has 2 aromatic carbocycles. The largest absolute Gasteiger partial charge is 0.385 e. The first-order valence-corrected chi connectivity index (χ1v) is 7.72. The van der Waals surface area contributed by atoms with Crippen LogP contribution in [-0.2, 0) is 10.4 Å². The average molecular weight is 321 g/mol. The summed E-state index contributed by atoms with van der Waals surface area (Å²) in [6.07, 6.45) is 3.40. The van der Waals surface area contributed by atoms with Gasteiger partial charge in [0.2, 0.25) is 5.91 Å². The summed E-state index contributed by atoms with van der Waals surface area (Å²) in [7, 11) is 0. The van der Waals surface area contributed by atoms with E-state index in [1.807, 2.05) is 54.6 Å². The minimum Gasteiger partial charge on any atom is -0.385 e. The lowest BCUT2D eigenvalue weighted by molar-refractivity contribution is -0.120. The predicted octanol–water partition coefficient (Wildman–Crippen LogP) is 3.31. The van der Waals surface area contributed by atoms with Crippen LogP contribution in [0.15, 0.2) is 67.0 Å². The van der Waals surface area contributed by atoms with Crippen molar-refractivity contribution in [2.45, 2.75) is 18.9 Å². The van der Waals surface area contributed by atoms with Crippen LogP contribution in [0, 0.1) is 0 Å². The number of H-pyrrole nitrogens is 1. The Morgan fingerprint density at radius 3 is 2.71 bits per heavy atom. The van der Waals surface area contributed by atoms with Gasteiger partial charge in [-0.15, -0.1) is 0 Å². The van der Waals surface area contributed by atoms with E-state index in [1.54, 1.807) is 19.3 Å². The van der Waals surface area contributed by atoms with Crippen molar-refractivity contribution in [3.05, 3.63) is 72.6 Å². The fourth-order valence-electron chi connectivity index (χ4n) is 2.58. The van der Waals surface area contributed by atoms with Crippen LogP contribution in [0.25, 0.3) is 11.4 Å². The van der Waals surface area contributed by atoms with Crippen molar-refractivity contribution >= 4 is 11.6 Å². The highest BCUT2D eigenvalue weighted by molar-refractivity contribution is 5.92. The summed E-state index contributed by atoms with van der Waals surface area (Å²) in [6, 6.07) is 16.6. The van der Waals surface area contributed by atoms with Gasteiger partial charge in [-0.05, 0) is 24.6 Å². The molecule has 3 rings (SSSR count). The zero-order valence-corrected chi connectivity index (χ0v) is 13.4. The number of nitrogens with zero attached hydrogens (tertiary/aromatic N) is 1. The second-order valence-electron chi connectivity index (χ2n) is 5.88. The van der Waals surface area contributed by atoms with Gasteiger partial charge in [-0.2, -0.15) is 0 Å². The van der Waals surface area contributed by atoms with Crippen molar-refractivity contribution in [1.82, 2.24) is 9.97 Å². The van der Waals surface area contributed by atoms with E-state index >= 15 is 0 Å². The molecule has 0 bridgehead atoms. The van der Waals surface area contributed by atoms with E-state index in [2.05, 4.69) is 15.3 Å². The first kappa shape index (κ1) is 16.0. The molecule has 0 spiro atoms. The minimum absolute atomic E-state index is 0.0258. The molecule has 5 heteroatoms. The van der Waals surface area contributed by atoms with Gasteiger partial charge in [0.25, 0.3) is 0 Å². The number of anilines is 1. The normalized spacial score (nSPS) is 13.2. The highest BCUT2D eigenvalue weighted by atomic mass is 16.3. The maximum Gasteiger partial charge on any atom is 0.227 e. The van der Waals surface area contributed by atoms with Crippen molar-refractivity contribution in [2.24, 2.45) is 0 Å². The smallest absolute Gasteiger partial charge is 0.227 e. The molecule has 1 atom stereocenters. The Morgan fingerprint density at radius 1 is 1.21 bits per heavy atom. The van der Waals surface area contributed by atoms with Gasteiger partial charge in [0.05, 0.1) is 12.0 Å². The molecule has 0 radical (unpaired) electrons. The van der Waals surface area contributed by atoms with Gasteiger partial charge < -0.3 is 15.4 Å². The maximum atomic E-state index is 12.3. The van der Waals surface area contributed by atoms with Crippen LogP contribution in [-0.4, -0.2) is 21.0 Å². The molecule has 1 unspecified atom stereocenters. The summed E-state index contributed by atoms with van der Waals surface area (Å²) in [4.78, 5) is 19.5. The van der Waals surface area contributed by atoms with E-state index in [-0.39, 0.29) is 12.3 Å². The van der Waals surface area contributed by atoms with Crippen LogP contribution >= 0.6 is 0 Å². The van der Waals surface area contributed by atoms with Gasteiger partial charge in [-0.1, -0.05) is 42.5 Å². The number of nitrogens with one attached hydrogen (secondary N) is 2. The topological polar surface area (TPSA) is 78.0 Å². The number of amides is 1. The van der Waals surface area contributed by atoms with Gasteiger partial charge >= 0.3 is 0 Å². The molecule has 3 aromatic rings. The predicted molar refractivity (Wildman–Crippen MR) is 93.3 cm³/mol. The third kappa shape index (κ3) is 3.70. The summed E-state index contributed by atoms with van der Waals surface area (Å²) in [5, 5.41) is 13.4. The molecule has 0 aliphatic heterocycles. The van der Waals surface area contributed by atoms with Crippen LogP contribution in [0.1, 0.15) is 18.9 Å². The first-order chi connectivity index (χ1) is 11.5. The Hall–Kier alpha value is -2.92. The number of hydrogen-bond acceptors (Lipinski definition) is 3. The molecule has 0 saturated carbocycles. The molecule has 3 N–H and O–H groups in total. The number of aliphatic hydroxyl groups is 1. The molecule has 5 nitrogen and oxygen atoms in total. The Labute approximate surface area is 140 Å². The molecule has 0 aliphatic carbocycles. The fraction of sp³-hybridized carbons (Fsp3) is 0.158. The summed E-state index contributed by atoms with van der Waals surface area (Å²) in [5.41, 5.74) is 1.04. The van der Waals surface area contributed by atoms with Crippen LogP contribution in [0.2, 0.25) is 0 Å². The van der Waals surface area contributed by atoms with E-state index in [4.69, 9.17) is 0 Å². The molecule has 0 saturated heterocycles. The standard InChI is InChI=1S/C19H19N3O2/c1-19(24,15-7-3-2-4-8-15)13-17(23)22-16-9-5-6-14(12-16)18-20-10-11-21-18/h2-12,24H,13H2,1H3,(H,20,21)(H,22,23). The van der Waals surface area contributed by atoms with Crippen LogP contribution in [0.3, 0.4) is 0 Å². The number of carbonyl (C=O) groups is 1. The van der Waals surface area contributed by atoms with Crippen LogP contribution < -0.4 is 5.32 Å². The fourth-order valence-corrected chi connectivity index (χ4v) is 2.58. The first-order valence-electron chi connectivity index (χ1n) is 7.72. The molecule has 0 aliphatic rings. The maximum absolute atomic E-state index is 12.3. The summed E-state index contributed by atoms with van der Waals surface area (Å²) in [6.45, 7) is 1.64. The SMILES string of the molecule is CC(O)(CC(=O)Nc1cccc(-c2ncc[nH]2)c1)c1ccccc1. The average Bonchev–Trinajstić information content (AvgIpc) is 3.10. The van der Waals surface area contributed by atoms with Gasteiger partial charge in [0.15, 0.2) is 0 Å². The Morgan fingerprint density at radius 2 is 2.00 bits per heavy atom. The van der Waals surface area contributed by atoms with E-state index in [1.165, 1.54) is 0 Å². The number of aromatic amines is 1. The highest BCUT2D eigenvalue weighted by Crippen LogP contribution is 2.25. The monoisotopic (exact) mass is 321 g/mol. The van der Waals surface area contributed by atoms with Crippen molar-refractivity contribution < 1.29 is 9.90 Å². The summed E-state index contributed by atoms with van der Waals surface area (Å²) in [5.74, 6) is 0.489. The highest BCUT2D eigenvalue weighted by Gasteiger charge is 2.26. The van der Waals surface area contributed by atoms with Crippen LogP contribution in [0.5, 0.6) is 0 Å². The zero-order chi connectivity index (χ0) is 17.0. The minimum atomic E-state index is -1.22. The molecular formula is C19H19N3O2. The number of imidazole rings is 1. The molecular weight excluding hydrogens is 302 g/mol. The third-order valence-corrected chi connectivity index (χ3v) is 3.82. The zero-order valence-electron chi connectivity index (χ0n) is 13.4. The number of rotatable bonds is 5. The third-order valence-electron chi connectivity index (χ3n) is 3.82. The lowest BCUT2D eigenvalue weighted by Crippen LogP contribution is -2.28. The summed E-state index contributed by atoms with van der Waals surface area (Å²) < 4.78 is 0. The van der Waals surface area contributed by atoms with E-state index < -0.39 is 5.60 Å². The number of hydrogen-bond donors (Lipinski definition) is 3. The molecule has 122 valence electrons. The second-order valence-corrected chi connectivity index (χ2v) is 5.88. The quantitative estimate of drug-likeness (QED) is 0.674. The lowest BCUT2D eigenvalue weighted by Gasteiger charge is -2.23. The van der Waals surface area contributed by atoms with Crippen molar-refractivity contribution in [2.75, 3.05) is 5.32 Å². The van der Waals surface area contributed by atoms with Crippen molar-refractivity contribution in [1.29, 1.82) is 0 Å². The van der Waals surface area contributed by atoms with Crippen LogP contribution in [0.4, 0.5) is 5.69 Å².